The van der Waals surface area contributed by atoms with E-state index >= 15 is 0 Å². The molecule has 1 atom stereocenters. The number of hydrogen-bond acceptors (Lipinski definition) is 4. The number of amides is 1. The molecule has 0 saturated heterocycles. The first-order valence-corrected chi connectivity index (χ1v) is 16.2. The normalized spacial score (nSPS) is 14.9. The van der Waals surface area contributed by atoms with Crippen molar-refractivity contribution in [2.45, 2.75) is 31.5 Å². The summed E-state index contributed by atoms with van der Waals surface area (Å²) < 4.78 is 30.6. The van der Waals surface area contributed by atoms with Gasteiger partial charge in [-0.2, -0.15) is 0 Å². The van der Waals surface area contributed by atoms with Gasteiger partial charge in [-0.05, 0) is 79.6 Å². The van der Waals surface area contributed by atoms with Crippen molar-refractivity contribution in [3.05, 3.63) is 154 Å². The number of nitrogens with one attached hydrogen (secondary N) is 1. The fourth-order valence-electron chi connectivity index (χ4n) is 5.36. The second kappa shape index (κ2) is 11.7. The fourth-order valence-corrected chi connectivity index (χ4v) is 6.86. The van der Waals surface area contributed by atoms with Gasteiger partial charge in [-0.25, -0.2) is 8.42 Å². The molecule has 5 aromatic rings. The highest BCUT2D eigenvalue weighted by molar-refractivity contribution is 9.10. The van der Waals surface area contributed by atoms with Gasteiger partial charge in [0.1, 0.15) is 6.17 Å². The number of carbonyl (C=O) groups excluding carboxylic acids is 1. The van der Waals surface area contributed by atoms with Gasteiger partial charge in [0.15, 0.2) is 0 Å². The van der Waals surface area contributed by atoms with Crippen LogP contribution < -0.4 is 14.5 Å². The number of nitrogens with zero attached hydrogens (tertiary/aromatic N) is 2. The van der Waals surface area contributed by atoms with Gasteiger partial charge in [0.25, 0.3) is 15.9 Å². The molecule has 0 aliphatic carbocycles. The molecular formula is C35H30BrN3O3S. The van der Waals surface area contributed by atoms with E-state index in [2.05, 4.69) is 37.7 Å². The highest BCUT2D eigenvalue weighted by Crippen LogP contribution is 2.43. The number of fused-ring (bicyclic) bond motifs is 1. The number of halogens is 1. The fraction of sp³-hybridized carbons (Fsp3) is 0.114. The second-order valence-corrected chi connectivity index (χ2v) is 13.3. The minimum absolute atomic E-state index is 0.0181. The van der Waals surface area contributed by atoms with E-state index < -0.39 is 16.2 Å². The van der Waals surface area contributed by atoms with Crippen molar-refractivity contribution in [2.24, 2.45) is 0 Å². The molecule has 6 rings (SSSR count). The van der Waals surface area contributed by atoms with E-state index in [4.69, 9.17) is 0 Å². The van der Waals surface area contributed by atoms with Crippen molar-refractivity contribution in [3.8, 4) is 0 Å². The molecule has 8 heteroatoms. The van der Waals surface area contributed by atoms with E-state index in [0.717, 1.165) is 32.4 Å². The molecule has 0 radical (unpaired) electrons. The lowest BCUT2D eigenvalue weighted by atomic mass is 9.99. The van der Waals surface area contributed by atoms with Crippen LogP contribution in [0.15, 0.2) is 131 Å². The number of rotatable bonds is 7. The van der Waals surface area contributed by atoms with Crippen molar-refractivity contribution < 1.29 is 13.2 Å². The maximum absolute atomic E-state index is 14.5. The smallest absolute Gasteiger partial charge is 0.262 e. The molecule has 0 aromatic heterocycles. The molecule has 6 nitrogen and oxygen atoms in total. The van der Waals surface area contributed by atoms with Crippen molar-refractivity contribution in [3.63, 3.8) is 0 Å². The molecule has 1 N–H and O–H groups in total. The van der Waals surface area contributed by atoms with Crippen LogP contribution in [0, 0.1) is 13.8 Å². The zero-order chi connectivity index (χ0) is 30.1. The molecular weight excluding hydrogens is 622 g/mol. The highest BCUT2D eigenvalue weighted by Gasteiger charge is 2.40. The van der Waals surface area contributed by atoms with Crippen LogP contribution in [-0.2, 0) is 16.6 Å². The summed E-state index contributed by atoms with van der Waals surface area (Å²) in [7, 11) is -3.96. The van der Waals surface area contributed by atoms with Crippen LogP contribution in [0.2, 0.25) is 0 Å². The lowest BCUT2D eigenvalue weighted by Gasteiger charge is -2.46. The molecule has 1 aliphatic heterocycles. The molecule has 1 aliphatic rings. The Labute approximate surface area is 260 Å². The average Bonchev–Trinajstić information content (AvgIpc) is 3.00. The van der Waals surface area contributed by atoms with E-state index in [1.165, 1.54) is 6.07 Å². The Morgan fingerprint density at radius 3 is 2.12 bits per heavy atom. The summed E-state index contributed by atoms with van der Waals surface area (Å²) in [6.07, 6.45) is -0.492. The summed E-state index contributed by atoms with van der Waals surface area (Å²) in [5.41, 5.74) is 6.23. The minimum atomic E-state index is -3.96. The molecule has 1 amide bonds. The number of benzene rings is 5. The lowest BCUT2D eigenvalue weighted by molar-refractivity contribution is 0.0968. The minimum Gasteiger partial charge on any atom is -0.342 e. The number of carbonyl (C=O) groups is 1. The lowest BCUT2D eigenvalue weighted by Crippen LogP contribution is -2.49. The maximum atomic E-state index is 14.5. The summed E-state index contributed by atoms with van der Waals surface area (Å²) in [4.78, 5) is 18.5. The van der Waals surface area contributed by atoms with Crippen molar-refractivity contribution >= 4 is 48.9 Å². The Morgan fingerprint density at radius 1 is 0.767 bits per heavy atom. The molecule has 0 bridgehead atoms. The highest BCUT2D eigenvalue weighted by atomic mass is 79.9. The van der Waals surface area contributed by atoms with Gasteiger partial charge in [-0.3, -0.25) is 14.4 Å². The van der Waals surface area contributed by atoms with Crippen molar-refractivity contribution in [1.29, 1.82) is 0 Å². The Balaban J connectivity index is 1.52. The van der Waals surface area contributed by atoms with E-state index in [0.29, 0.717) is 23.5 Å². The molecule has 1 heterocycles. The SMILES string of the molecule is Cc1ccc(NS(=O)(=O)c2ccc3c(c2)C(=O)N(c2ccc(C)cc2)[C@H](c2cccc(Br)c2)N3Cc2ccccc2)cc1. The van der Waals surface area contributed by atoms with Gasteiger partial charge in [0, 0.05) is 22.4 Å². The zero-order valence-electron chi connectivity index (χ0n) is 23.7. The zero-order valence-corrected chi connectivity index (χ0v) is 26.1. The van der Waals surface area contributed by atoms with E-state index in [1.807, 2.05) is 92.7 Å². The van der Waals surface area contributed by atoms with Crippen LogP contribution in [-0.4, -0.2) is 14.3 Å². The van der Waals surface area contributed by atoms with Crippen LogP contribution >= 0.6 is 15.9 Å². The van der Waals surface area contributed by atoms with E-state index in [9.17, 15) is 13.2 Å². The number of aryl methyl sites for hydroxylation is 2. The van der Waals surface area contributed by atoms with Crippen LogP contribution in [0.1, 0.15) is 38.8 Å². The topological polar surface area (TPSA) is 69.7 Å². The predicted molar refractivity (Wildman–Crippen MR) is 176 cm³/mol. The van der Waals surface area contributed by atoms with E-state index in [1.54, 1.807) is 29.2 Å². The first-order valence-electron chi connectivity index (χ1n) is 13.9. The molecule has 216 valence electrons. The molecule has 0 spiro atoms. The maximum Gasteiger partial charge on any atom is 0.262 e. The second-order valence-electron chi connectivity index (χ2n) is 10.7. The Morgan fingerprint density at radius 2 is 1.44 bits per heavy atom. The third-order valence-corrected chi connectivity index (χ3v) is 9.41. The van der Waals surface area contributed by atoms with Gasteiger partial charge < -0.3 is 4.90 Å². The summed E-state index contributed by atoms with van der Waals surface area (Å²) in [6, 6.07) is 37.8. The first-order chi connectivity index (χ1) is 20.7. The molecule has 43 heavy (non-hydrogen) atoms. The van der Waals surface area contributed by atoms with Gasteiger partial charge in [0.2, 0.25) is 0 Å². The summed E-state index contributed by atoms with van der Waals surface area (Å²) in [6.45, 7) is 4.44. The first kappa shape index (κ1) is 28.7. The van der Waals surface area contributed by atoms with Crippen LogP contribution in [0.3, 0.4) is 0 Å². The van der Waals surface area contributed by atoms with E-state index in [-0.39, 0.29) is 10.8 Å². The number of anilines is 3. The largest absolute Gasteiger partial charge is 0.342 e. The third-order valence-electron chi connectivity index (χ3n) is 7.54. The molecule has 0 saturated carbocycles. The van der Waals surface area contributed by atoms with Crippen molar-refractivity contribution in [1.82, 2.24) is 0 Å². The van der Waals surface area contributed by atoms with Gasteiger partial charge in [-0.15, -0.1) is 0 Å². The van der Waals surface area contributed by atoms with Crippen molar-refractivity contribution in [2.75, 3.05) is 14.5 Å². The Hall–Kier alpha value is -4.40. The predicted octanol–water partition coefficient (Wildman–Crippen LogP) is 8.23. The number of hydrogen-bond donors (Lipinski definition) is 1. The monoisotopic (exact) mass is 651 g/mol. The summed E-state index contributed by atoms with van der Waals surface area (Å²) in [5.74, 6) is -0.277. The Kier molecular flexibility index (Phi) is 7.81. The van der Waals surface area contributed by atoms with Crippen LogP contribution in [0.5, 0.6) is 0 Å². The standard InChI is InChI=1S/C35H30BrN3O3S/c1-24-11-15-29(16-12-24)37-43(41,42)31-19-20-33-32(22-31)35(40)39(30-17-13-25(2)14-18-30)34(27-9-6-10-28(36)21-27)38(33)23-26-7-4-3-5-8-26/h3-22,34,37H,23H2,1-2H3/t34-/m1/s1. The summed E-state index contributed by atoms with van der Waals surface area (Å²) in [5, 5.41) is 0. The molecule has 5 aromatic carbocycles. The van der Waals surface area contributed by atoms with Gasteiger partial charge in [0.05, 0.1) is 16.1 Å². The average molecular weight is 653 g/mol. The molecule has 0 unspecified atom stereocenters. The van der Waals surface area contributed by atoms with Crippen LogP contribution in [0.25, 0.3) is 0 Å². The molecule has 0 fully saturated rings. The quantitative estimate of drug-likeness (QED) is 0.192. The van der Waals surface area contributed by atoms with Crippen LogP contribution in [0.4, 0.5) is 17.1 Å². The summed E-state index contributed by atoms with van der Waals surface area (Å²) >= 11 is 3.61. The van der Waals surface area contributed by atoms with Gasteiger partial charge in [-0.1, -0.05) is 93.8 Å². The number of sulfonamides is 1. The third kappa shape index (κ3) is 5.94. The van der Waals surface area contributed by atoms with Gasteiger partial charge >= 0.3 is 0 Å². The Bertz CT molecular complexity index is 1890.